The minimum absolute atomic E-state index is 0.236. The van der Waals surface area contributed by atoms with Crippen LogP contribution in [0.25, 0.3) is 22.5 Å². The Labute approximate surface area is 175 Å². The first-order valence-corrected chi connectivity index (χ1v) is 10.1. The highest BCUT2D eigenvalue weighted by molar-refractivity contribution is 9.13. The van der Waals surface area contributed by atoms with Crippen molar-refractivity contribution in [3.8, 4) is 22.5 Å². The Kier molecular flexibility index (Phi) is 6.88. The Morgan fingerprint density at radius 2 is 1.33 bits per heavy atom. The summed E-state index contributed by atoms with van der Waals surface area (Å²) in [7, 11) is 0. The number of rotatable bonds is 7. The van der Waals surface area contributed by atoms with Crippen molar-refractivity contribution in [1.82, 2.24) is 4.57 Å². The number of carbonyl (C=O) groups excluding carboxylic acids is 1. The molecule has 140 valence electrons. The molecule has 0 aliphatic heterocycles. The van der Waals surface area contributed by atoms with E-state index in [4.69, 9.17) is 9.47 Å². The van der Waals surface area contributed by atoms with E-state index in [0.717, 1.165) is 31.5 Å². The number of ether oxygens (including phenoxy) is 2. The molecule has 1 aromatic heterocycles. The Morgan fingerprint density at radius 3 is 1.78 bits per heavy atom. The number of hydrogen-bond acceptors (Lipinski definition) is 3. The summed E-state index contributed by atoms with van der Waals surface area (Å²) in [4.78, 5) is 10.9. The van der Waals surface area contributed by atoms with Gasteiger partial charge in [-0.3, -0.25) is 4.79 Å². The topological polar surface area (TPSA) is 40.5 Å². The molecule has 0 amide bonds. The fraction of sp³-hybridized carbons (Fsp3) is 0.190. The van der Waals surface area contributed by atoms with Gasteiger partial charge in [0.05, 0.1) is 26.9 Å². The molecule has 3 aromatic rings. The third-order valence-corrected chi connectivity index (χ3v) is 6.07. The summed E-state index contributed by atoms with van der Waals surface area (Å²) in [5, 5.41) is 0. The highest BCUT2D eigenvalue weighted by Crippen LogP contribution is 2.43. The van der Waals surface area contributed by atoms with Gasteiger partial charge in [-0.1, -0.05) is 60.7 Å². The second-order valence-electron chi connectivity index (χ2n) is 5.86. The zero-order valence-electron chi connectivity index (χ0n) is 14.8. The average Bonchev–Trinajstić information content (AvgIpc) is 2.93. The average molecular weight is 493 g/mol. The van der Waals surface area contributed by atoms with Crippen molar-refractivity contribution >= 4 is 37.8 Å². The van der Waals surface area contributed by atoms with Crippen LogP contribution < -0.4 is 0 Å². The van der Waals surface area contributed by atoms with Crippen LogP contribution in [-0.2, 0) is 21.0 Å². The predicted octanol–water partition coefficient (Wildman–Crippen LogP) is 5.88. The van der Waals surface area contributed by atoms with Gasteiger partial charge in [-0.15, -0.1) is 0 Å². The largest absolute Gasteiger partial charge is 0.463 e. The maximum atomic E-state index is 10.9. The lowest BCUT2D eigenvalue weighted by Crippen LogP contribution is -2.11. The highest BCUT2D eigenvalue weighted by Gasteiger charge is 2.22. The van der Waals surface area contributed by atoms with Crippen LogP contribution in [0, 0.1) is 0 Å². The molecule has 3 rings (SSSR count). The molecule has 4 nitrogen and oxygen atoms in total. The Hall–Kier alpha value is -1.89. The first-order valence-electron chi connectivity index (χ1n) is 8.49. The number of hydrogen-bond donors (Lipinski definition) is 0. The lowest BCUT2D eigenvalue weighted by atomic mass is 10.1. The SMILES string of the molecule is CC(=O)OCCOCn1c(-c2ccccc2)c(Br)c(Br)c1-c1ccccc1. The van der Waals surface area contributed by atoms with Crippen molar-refractivity contribution in [2.45, 2.75) is 13.7 Å². The van der Waals surface area contributed by atoms with E-state index < -0.39 is 0 Å². The molecule has 1 heterocycles. The zero-order valence-corrected chi connectivity index (χ0v) is 18.0. The maximum Gasteiger partial charge on any atom is 0.302 e. The van der Waals surface area contributed by atoms with Gasteiger partial charge >= 0.3 is 5.97 Å². The van der Waals surface area contributed by atoms with E-state index in [2.05, 4.69) is 60.7 Å². The molecule has 0 atom stereocenters. The minimum Gasteiger partial charge on any atom is -0.463 e. The molecule has 27 heavy (non-hydrogen) atoms. The molecule has 0 unspecified atom stereocenters. The predicted molar refractivity (Wildman–Crippen MR) is 113 cm³/mol. The van der Waals surface area contributed by atoms with E-state index in [1.165, 1.54) is 6.92 Å². The lowest BCUT2D eigenvalue weighted by Gasteiger charge is -2.15. The van der Waals surface area contributed by atoms with Crippen molar-refractivity contribution < 1.29 is 14.3 Å². The van der Waals surface area contributed by atoms with Crippen LogP contribution in [0.15, 0.2) is 69.6 Å². The van der Waals surface area contributed by atoms with Gasteiger partial charge in [-0.05, 0) is 43.0 Å². The van der Waals surface area contributed by atoms with E-state index in [-0.39, 0.29) is 12.6 Å². The fourth-order valence-corrected chi connectivity index (χ4v) is 4.10. The molecule has 2 aromatic carbocycles. The molecule has 0 aliphatic rings. The Balaban J connectivity index is 1.99. The summed E-state index contributed by atoms with van der Waals surface area (Å²) < 4.78 is 14.8. The third-order valence-electron chi connectivity index (χ3n) is 4.00. The number of benzene rings is 2. The van der Waals surface area contributed by atoms with E-state index in [9.17, 15) is 4.79 Å². The van der Waals surface area contributed by atoms with Crippen LogP contribution in [0.5, 0.6) is 0 Å². The van der Waals surface area contributed by atoms with E-state index in [1.807, 2.05) is 36.4 Å². The third kappa shape index (κ3) is 4.69. The van der Waals surface area contributed by atoms with Gasteiger partial charge in [0, 0.05) is 6.92 Å². The van der Waals surface area contributed by atoms with Crippen molar-refractivity contribution in [2.75, 3.05) is 13.2 Å². The fourth-order valence-electron chi connectivity index (χ4n) is 2.84. The van der Waals surface area contributed by atoms with Crippen LogP contribution in [0.1, 0.15) is 6.92 Å². The number of halogens is 2. The normalized spacial score (nSPS) is 10.8. The van der Waals surface area contributed by atoms with Gasteiger partial charge in [-0.2, -0.15) is 0 Å². The zero-order chi connectivity index (χ0) is 19.2. The number of aromatic nitrogens is 1. The second-order valence-corrected chi connectivity index (χ2v) is 7.45. The molecule has 0 saturated carbocycles. The van der Waals surface area contributed by atoms with Gasteiger partial charge in [0.25, 0.3) is 0 Å². The van der Waals surface area contributed by atoms with Crippen molar-refractivity contribution in [1.29, 1.82) is 0 Å². The smallest absolute Gasteiger partial charge is 0.302 e. The van der Waals surface area contributed by atoms with E-state index >= 15 is 0 Å². The van der Waals surface area contributed by atoms with Crippen molar-refractivity contribution in [3.63, 3.8) is 0 Å². The summed E-state index contributed by atoms with van der Waals surface area (Å²) in [6, 6.07) is 20.3. The molecule has 0 spiro atoms. The van der Waals surface area contributed by atoms with Gasteiger partial charge in [0.2, 0.25) is 0 Å². The molecule has 0 radical (unpaired) electrons. The highest BCUT2D eigenvalue weighted by atomic mass is 79.9. The maximum absolute atomic E-state index is 10.9. The molecule has 0 aliphatic carbocycles. The summed E-state index contributed by atoms with van der Waals surface area (Å²) in [5.74, 6) is -0.306. The van der Waals surface area contributed by atoms with E-state index in [0.29, 0.717) is 13.3 Å². The first-order chi connectivity index (χ1) is 13.1. The Morgan fingerprint density at radius 1 is 0.852 bits per heavy atom. The molecule has 0 bridgehead atoms. The van der Waals surface area contributed by atoms with Gasteiger partial charge in [-0.25, -0.2) is 0 Å². The quantitative estimate of drug-likeness (QED) is 0.305. The number of carbonyl (C=O) groups is 1. The molecule has 0 saturated heterocycles. The van der Waals surface area contributed by atoms with Crippen LogP contribution in [0.3, 0.4) is 0 Å². The molecule has 0 fully saturated rings. The van der Waals surface area contributed by atoms with Gasteiger partial charge in [0.15, 0.2) is 0 Å². The second kappa shape index (κ2) is 9.35. The minimum atomic E-state index is -0.306. The monoisotopic (exact) mass is 491 g/mol. The molecule has 0 N–H and O–H groups in total. The summed E-state index contributed by atoms with van der Waals surface area (Å²) >= 11 is 7.47. The molecular formula is C21H19Br2NO3. The van der Waals surface area contributed by atoms with Crippen LogP contribution in [0.2, 0.25) is 0 Å². The van der Waals surface area contributed by atoms with Crippen LogP contribution in [0.4, 0.5) is 0 Å². The summed E-state index contributed by atoms with van der Waals surface area (Å²) in [6.45, 7) is 2.29. The van der Waals surface area contributed by atoms with Crippen LogP contribution >= 0.6 is 31.9 Å². The molecule has 6 heteroatoms. The molecular weight excluding hydrogens is 474 g/mol. The van der Waals surface area contributed by atoms with Gasteiger partial charge in [0.1, 0.15) is 13.3 Å². The van der Waals surface area contributed by atoms with E-state index in [1.54, 1.807) is 0 Å². The van der Waals surface area contributed by atoms with Crippen molar-refractivity contribution in [2.24, 2.45) is 0 Å². The number of esters is 1. The van der Waals surface area contributed by atoms with Crippen molar-refractivity contribution in [3.05, 3.63) is 69.6 Å². The standard InChI is InChI=1S/C21H19Br2NO3/c1-15(25)27-13-12-26-14-24-20(16-8-4-2-5-9-16)18(22)19(23)21(24)17-10-6-3-7-11-17/h2-11H,12-14H2,1H3. The van der Waals surface area contributed by atoms with Gasteiger partial charge < -0.3 is 14.0 Å². The van der Waals surface area contributed by atoms with Crippen LogP contribution in [-0.4, -0.2) is 23.8 Å². The lowest BCUT2D eigenvalue weighted by molar-refractivity contribution is -0.142. The first kappa shape index (κ1) is 19.9. The summed E-state index contributed by atoms with van der Waals surface area (Å²) in [6.07, 6.45) is 0. The Bertz CT molecular complexity index is 845. The number of nitrogens with zero attached hydrogens (tertiary/aromatic N) is 1. The summed E-state index contributed by atoms with van der Waals surface area (Å²) in [5.41, 5.74) is 4.20.